The van der Waals surface area contributed by atoms with Crippen LogP contribution in [0.3, 0.4) is 0 Å². The van der Waals surface area contributed by atoms with Crippen LogP contribution in [0.25, 0.3) is 6.08 Å². The molecular formula is C24H22N2O5. The highest BCUT2D eigenvalue weighted by Gasteiger charge is 2.35. The minimum absolute atomic E-state index is 0.205. The van der Waals surface area contributed by atoms with Gasteiger partial charge in [-0.15, -0.1) is 0 Å². The van der Waals surface area contributed by atoms with E-state index in [1.54, 1.807) is 18.2 Å². The monoisotopic (exact) mass is 418 g/mol. The fourth-order valence-electron chi connectivity index (χ4n) is 3.39. The molecule has 1 atom stereocenters. The second kappa shape index (κ2) is 9.72. The van der Waals surface area contributed by atoms with Gasteiger partial charge in [0.25, 0.3) is 5.91 Å². The predicted octanol–water partition coefficient (Wildman–Crippen LogP) is 2.57. The molecule has 31 heavy (non-hydrogen) atoms. The summed E-state index contributed by atoms with van der Waals surface area (Å²) >= 11 is 0. The first-order chi connectivity index (χ1) is 14.9. The Hall–Kier alpha value is -3.92. The number of esters is 2. The molecule has 0 bridgehead atoms. The van der Waals surface area contributed by atoms with E-state index in [9.17, 15) is 19.6 Å². The Morgan fingerprint density at radius 3 is 2.45 bits per heavy atom. The van der Waals surface area contributed by atoms with Crippen molar-refractivity contribution in [1.82, 2.24) is 4.90 Å². The topological polar surface area (TPSA) is 96.7 Å². The zero-order chi connectivity index (χ0) is 22.4. The maximum absolute atomic E-state index is 12.8. The van der Waals surface area contributed by atoms with Gasteiger partial charge in [0.2, 0.25) is 0 Å². The molecule has 3 rings (SSSR count). The van der Waals surface area contributed by atoms with Crippen molar-refractivity contribution in [3.8, 4) is 6.07 Å². The number of nitriles is 1. The van der Waals surface area contributed by atoms with Crippen molar-refractivity contribution in [2.24, 2.45) is 0 Å². The summed E-state index contributed by atoms with van der Waals surface area (Å²) in [6.07, 6.45) is 1.72. The first-order valence-electron chi connectivity index (χ1n) is 9.72. The molecule has 0 fully saturated rings. The number of methoxy groups -OCH3 is 1. The number of hydrogen-bond donors (Lipinski definition) is 0. The highest BCUT2D eigenvalue weighted by molar-refractivity contribution is 5.99. The molecule has 0 aromatic heterocycles. The van der Waals surface area contributed by atoms with E-state index < -0.39 is 30.5 Å². The summed E-state index contributed by atoms with van der Waals surface area (Å²) in [5, 5.41) is 9.31. The van der Waals surface area contributed by atoms with Gasteiger partial charge < -0.3 is 14.4 Å². The van der Waals surface area contributed by atoms with Crippen molar-refractivity contribution in [1.29, 1.82) is 5.26 Å². The number of hydrogen-bond acceptors (Lipinski definition) is 6. The Labute approximate surface area is 180 Å². The number of amides is 1. The number of rotatable bonds is 5. The molecule has 1 aliphatic rings. The normalized spacial score (nSPS) is 15.5. The van der Waals surface area contributed by atoms with Crippen LogP contribution in [0, 0.1) is 18.3 Å². The predicted molar refractivity (Wildman–Crippen MR) is 112 cm³/mol. The summed E-state index contributed by atoms with van der Waals surface area (Å²) in [6.45, 7) is 1.55. The average Bonchev–Trinajstić information content (AvgIpc) is 2.80. The van der Waals surface area contributed by atoms with Crippen LogP contribution in [-0.2, 0) is 36.8 Å². The second-order valence-corrected chi connectivity index (χ2v) is 7.19. The lowest BCUT2D eigenvalue weighted by molar-refractivity contribution is -0.158. The Balaban J connectivity index is 1.70. The van der Waals surface area contributed by atoms with Gasteiger partial charge in [0.1, 0.15) is 17.7 Å². The summed E-state index contributed by atoms with van der Waals surface area (Å²) in [5.74, 6) is -1.97. The van der Waals surface area contributed by atoms with Gasteiger partial charge >= 0.3 is 11.9 Å². The summed E-state index contributed by atoms with van der Waals surface area (Å²) in [5.41, 5.74) is 3.38. The van der Waals surface area contributed by atoms with Crippen LogP contribution < -0.4 is 0 Å². The van der Waals surface area contributed by atoms with E-state index in [0.717, 1.165) is 16.7 Å². The van der Waals surface area contributed by atoms with Crippen LogP contribution in [0.2, 0.25) is 0 Å². The van der Waals surface area contributed by atoms with E-state index in [0.29, 0.717) is 12.0 Å². The van der Waals surface area contributed by atoms with Gasteiger partial charge in [-0.3, -0.25) is 4.79 Å². The molecule has 2 aromatic carbocycles. The fraction of sp³-hybridized carbons (Fsp3) is 0.250. The van der Waals surface area contributed by atoms with Crippen LogP contribution in [-0.4, -0.2) is 42.5 Å². The average molecular weight is 418 g/mol. The lowest BCUT2D eigenvalue weighted by atomic mass is 9.94. The lowest BCUT2D eigenvalue weighted by Gasteiger charge is -2.35. The number of aryl methyl sites for hydroxylation is 1. The smallest absolute Gasteiger partial charge is 0.349 e. The van der Waals surface area contributed by atoms with Crippen molar-refractivity contribution in [2.45, 2.75) is 25.9 Å². The van der Waals surface area contributed by atoms with Crippen molar-refractivity contribution < 1.29 is 23.9 Å². The third-order valence-electron chi connectivity index (χ3n) is 5.10. The number of fused-ring (bicyclic) bond motifs is 1. The van der Waals surface area contributed by atoms with Gasteiger partial charge in [-0.05, 0) is 29.7 Å². The Morgan fingerprint density at radius 1 is 1.13 bits per heavy atom. The molecule has 2 aromatic rings. The fourth-order valence-corrected chi connectivity index (χ4v) is 3.39. The molecule has 0 spiro atoms. The molecule has 7 nitrogen and oxygen atoms in total. The van der Waals surface area contributed by atoms with Gasteiger partial charge in [-0.25, -0.2) is 9.59 Å². The maximum atomic E-state index is 12.8. The van der Waals surface area contributed by atoms with Gasteiger partial charge in [-0.1, -0.05) is 54.1 Å². The molecule has 0 saturated heterocycles. The molecule has 7 heteroatoms. The number of carbonyl (C=O) groups is 3. The molecule has 0 N–H and O–H groups in total. The molecule has 1 aliphatic heterocycles. The van der Waals surface area contributed by atoms with E-state index >= 15 is 0 Å². The third kappa shape index (κ3) is 5.17. The molecule has 158 valence electrons. The van der Waals surface area contributed by atoms with E-state index in [1.807, 2.05) is 43.3 Å². The molecule has 0 saturated carbocycles. The standard InChI is InChI=1S/C24H22N2O5/c1-16-7-9-17(10-8-16)11-20(13-25)23(28)31-15-22(27)26-14-19-6-4-3-5-18(19)12-21(26)24(29)30-2/h3-11,21H,12,14-15H2,1-2H3/b20-11+/t21-/m1/s1. The van der Waals surface area contributed by atoms with Crippen LogP contribution in [0.15, 0.2) is 54.1 Å². The van der Waals surface area contributed by atoms with Gasteiger partial charge in [0.05, 0.1) is 7.11 Å². The molecule has 1 heterocycles. The second-order valence-electron chi connectivity index (χ2n) is 7.19. The first-order valence-corrected chi connectivity index (χ1v) is 9.72. The zero-order valence-electron chi connectivity index (χ0n) is 17.3. The summed E-state index contributed by atoms with van der Waals surface area (Å²) in [4.78, 5) is 38.7. The van der Waals surface area contributed by atoms with E-state index in [-0.39, 0.29) is 12.1 Å². The van der Waals surface area contributed by atoms with E-state index in [2.05, 4.69) is 0 Å². The van der Waals surface area contributed by atoms with Crippen LogP contribution in [0.1, 0.15) is 22.3 Å². The minimum Gasteiger partial charge on any atom is -0.467 e. The van der Waals surface area contributed by atoms with Gasteiger partial charge in [-0.2, -0.15) is 5.26 Å². The number of benzene rings is 2. The molecular weight excluding hydrogens is 396 g/mol. The number of nitrogens with zero attached hydrogens (tertiary/aromatic N) is 2. The highest BCUT2D eigenvalue weighted by atomic mass is 16.5. The van der Waals surface area contributed by atoms with Crippen LogP contribution >= 0.6 is 0 Å². The summed E-state index contributed by atoms with van der Waals surface area (Å²) in [7, 11) is 1.26. The number of carbonyl (C=O) groups excluding carboxylic acids is 3. The first kappa shape index (κ1) is 21.8. The van der Waals surface area contributed by atoms with Crippen molar-refractivity contribution >= 4 is 23.9 Å². The Morgan fingerprint density at radius 2 is 1.81 bits per heavy atom. The minimum atomic E-state index is -0.900. The molecule has 0 aliphatic carbocycles. The van der Waals surface area contributed by atoms with Crippen molar-refractivity contribution in [3.63, 3.8) is 0 Å². The summed E-state index contributed by atoms with van der Waals surface area (Å²) < 4.78 is 9.93. The van der Waals surface area contributed by atoms with E-state index in [4.69, 9.17) is 9.47 Å². The quantitative estimate of drug-likeness (QED) is 0.421. The van der Waals surface area contributed by atoms with Gasteiger partial charge in [0.15, 0.2) is 6.61 Å². The van der Waals surface area contributed by atoms with Crippen LogP contribution in [0.4, 0.5) is 0 Å². The van der Waals surface area contributed by atoms with Gasteiger partial charge in [0, 0.05) is 13.0 Å². The molecule has 0 radical (unpaired) electrons. The largest absolute Gasteiger partial charge is 0.467 e. The van der Waals surface area contributed by atoms with Crippen molar-refractivity contribution in [3.05, 3.63) is 76.4 Å². The van der Waals surface area contributed by atoms with Crippen LogP contribution in [0.5, 0.6) is 0 Å². The maximum Gasteiger partial charge on any atom is 0.349 e. The molecule has 0 unspecified atom stereocenters. The highest BCUT2D eigenvalue weighted by Crippen LogP contribution is 2.24. The van der Waals surface area contributed by atoms with Crippen molar-refractivity contribution in [2.75, 3.05) is 13.7 Å². The van der Waals surface area contributed by atoms with E-state index in [1.165, 1.54) is 18.1 Å². The Kier molecular flexibility index (Phi) is 6.83. The number of ether oxygens (including phenoxy) is 2. The third-order valence-corrected chi connectivity index (χ3v) is 5.10. The summed E-state index contributed by atoms with van der Waals surface area (Å²) in [6, 6.07) is 15.8. The lowest BCUT2D eigenvalue weighted by Crippen LogP contribution is -2.50. The molecule has 1 amide bonds. The SMILES string of the molecule is COC(=O)[C@H]1Cc2ccccc2CN1C(=O)COC(=O)/C(C#N)=C/c1ccc(C)cc1. The zero-order valence-corrected chi connectivity index (χ0v) is 17.3. The Bertz CT molecular complexity index is 1070.